The third-order valence-electron chi connectivity index (χ3n) is 5.06. The van der Waals surface area contributed by atoms with E-state index in [-0.39, 0.29) is 47.2 Å². The van der Waals surface area contributed by atoms with Crippen LogP contribution in [0.1, 0.15) is 22.3 Å². The van der Waals surface area contributed by atoms with E-state index in [2.05, 4.69) is 10.3 Å². The van der Waals surface area contributed by atoms with Gasteiger partial charge in [-0.05, 0) is 24.3 Å². The molecule has 0 aliphatic carbocycles. The van der Waals surface area contributed by atoms with Crippen LogP contribution in [-0.2, 0) is 13.2 Å². The van der Waals surface area contributed by atoms with Crippen LogP contribution in [-0.4, -0.2) is 24.8 Å². The molecular formula is C24H21F3N4O2. The van der Waals surface area contributed by atoms with Crippen LogP contribution >= 0.6 is 0 Å². The summed E-state index contributed by atoms with van der Waals surface area (Å²) >= 11 is 0. The van der Waals surface area contributed by atoms with Crippen molar-refractivity contribution < 1.29 is 22.6 Å². The van der Waals surface area contributed by atoms with Crippen LogP contribution in [0.25, 0.3) is 0 Å². The fraction of sp³-hybridized carbons (Fsp3) is 0.167. The molecule has 0 amide bonds. The SMILES string of the molecule is N=C(N)c1ccc(COc2cccc(OCc3ccc(C4=NCCN4)cc3F)c2F)c(F)c1. The van der Waals surface area contributed by atoms with Crippen molar-refractivity contribution in [1.29, 1.82) is 5.41 Å². The number of nitrogens with one attached hydrogen (secondary N) is 2. The monoisotopic (exact) mass is 454 g/mol. The second-order valence-electron chi connectivity index (χ2n) is 7.33. The van der Waals surface area contributed by atoms with Gasteiger partial charge in [-0.3, -0.25) is 10.4 Å². The molecule has 3 aromatic rings. The summed E-state index contributed by atoms with van der Waals surface area (Å²) in [6.45, 7) is 0.942. The second-order valence-corrected chi connectivity index (χ2v) is 7.33. The molecule has 0 atom stereocenters. The van der Waals surface area contributed by atoms with E-state index >= 15 is 0 Å². The van der Waals surface area contributed by atoms with Gasteiger partial charge < -0.3 is 20.5 Å². The maximum atomic E-state index is 14.8. The Hall–Kier alpha value is -4.01. The second kappa shape index (κ2) is 9.64. The molecule has 1 aliphatic heterocycles. The normalized spacial score (nSPS) is 12.8. The molecule has 0 radical (unpaired) electrons. The van der Waals surface area contributed by atoms with Crippen LogP contribution in [0.5, 0.6) is 11.5 Å². The van der Waals surface area contributed by atoms with Gasteiger partial charge in [-0.15, -0.1) is 0 Å². The topological polar surface area (TPSA) is 92.7 Å². The molecule has 0 unspecified atom stereocenters. The third kappa shape index (κ3) is 5.08. The minimum atomic E-state index is -0.778. The van der Waals surface area contributed by atoms with Gasteiger partial charge in [-0.25, -0.2) is 8.78 Å². The van der Waals surface area contributed by atoms with Crippen molar-refractivity contribution >= 4 is 11.7 Å². The number of nitrogens with two attached hydrogens (primary N) is 1. The van der Waals surface area contributed by atoms with Crippen LogP contribution in [0.2, 0.25) is 0 Å². The number of benzene rings is 3. The highest BCUT2D eigenvalue weighted by atomic mass is 19.1. The van der Waals surface area contributed by atoms with E-state index in [9.17, 15) is 13.2 Å². The predicted molar refractivity (Wildman–Crippen MR) is 118 cm³/mol. The van der Waals surface area contributed by atoms with Crippen molar-refractivity contribution in [2.45, 2.75) is 13.2 Å². The minimum absolute atomic E-state index is 0.120. The zero-order chi connectivity index (χ0) is 23.4. The van der Waals surface area contributed by atoms with E-state index in [0.29, 0.717) is 17.9 Å². The molecule has 0 fully saturated rings. The first-order chi connectivity index (χ1) is 15.9. The van der Waals surface area contributed by atoms with Gasteiger partial charge in [0.1, 0.15) is 36.5 Å². The number of nitrogens with zero attached hydrogens (tertiary/aromatic N) is 1. The fourth-order valence-corrected chi connectivity index (χ4v) is 3.26. The summed E-state index contributed by atoms with van der Waals surface area (Å²) in [6.07, 6.45) is 0. The van der Waals surface area contributed by atoms with Gasteiger partial charge in [0, 0.05) is 28.8 Å². The Bertz CT molecular complexity index is 1230. The summed E-state index contributed by atoms with van der Waals surface area (Å²) in [5, 5.41) is 10.4. The lowest BCUT2D eigenvalue weighted by molar-refractivity contribution is 0.258. The number of halogens is 3. The van der Waals surface area contributed by atoms with Crippen LogP contribution in [0.15, 0.2) is 59.6 Å². The highest BCUT2D eigenvalue weighted by molar-refractivity contribution is 5.99. The summed E-state index contributed by atoms with van der Waals surface area (Å²) in [7, 11) is 0. The molecule has 0 saturated heterocycles. The standard InChI is InChI=1S/C24H21F3N4O2/c25-18-10-14(23(28)29)4-6-16(18)12-32-20-2-1-3-21(22(20)27)33-13-17-7-5-15(11-19(17)26)24-30-8-9-31-24/h1-7,10-11H,8-9,12-13H2,(H3,28,29)(H,30,31). The molecular weight excluding hydrogens is 433 g/mol. The Morgan fingerprint density at radius 3 is 2.12 bits per heavy atom. The average Bonchev–Trinajstić information content (AvgIpc) is 3.34. The van der Waals surface area contributed by atoms with Crippen LogP contribution < -0.4 is 20.5 Å². The Morgan fingerprint density at radius 1 is 0.939 bits per heavy atom. The van der Waals surface area contributed by atoms with Crippen LogP contribution in [0.3, 0.4) is 0 Å². The van der Waals surface area contributed by atoms with Crippen molar-refractivity contribution in [2.24, 2.45) is 10.7 Å². The first-order valence-electron chi connectivity index (χ1n) is 10.2. The Labute approximate surface area is 188 Å². The number of hydrogen-bond donors (Lipinski definition) is 3. The minimum Gasteiger partial charge on any atom is -0.486 e. The molecule has 3 aromatic carbocycles. The molecule has 1 aliphatic rings. The highest BCUT2D eigenvalue weighted by Gasteiger charge is 2.15. The molecule has 33 heavy (non-hydrogen) atoms. The van der Waals surface area contributed by atoms with Gasteiger partial charge in [0.2, 0.25) is 5.82 Å². The van der Waals surface area contributed by atoms with Crippen molar-refractivity contribution in [3.63, 3.8) is 0 Å². The lowest BCUT2D eigenvalue weighted by Gasteiger charge is -2.13. The summed E-state index contributed by atoms with van der Waals surface area (Å²) in [5.41, 5.74) is 6.65. The Morgan fingerprint density at radius 2 is 1.58 bits per heavy atom. The van der Waals surface area contributed by atoms with E-state index in [0.717, 1.165) is 12.6 Å². The summed E-state index contributed by atoms with van der Waals surface area (Å²) < 4.78 is 54.3. The van der Waals surface area contributed by atoms with E-state index in [1.54, 1.807) is 12.1 Å². The molecule has 0 aromatic heterocycles. The van der Waals surface area contributed by atoms with E-state index in [4.69, 9.17) is 20.6 Å². The van der Waals surface area contributed by atoms with Crippen molar-refractivity contribution in [2.75, 3.05) is 13.1 Å². The van der Waals surface area contributed by atoms with E-state index in [1.807, 2.05) is 0 Å². The average molecular weight is 454 g/mol. The lowest BCUT2D eigenvalue weighted by Crippen LogP contribution is -2.19. The molecule has 170 valence electrons. The largest absolute Gasteiger partial charge is 0.486 e. The van der Waals surface area contributed by atoms with Gasteiger partial charge >= 0.3 is 0 Å². The Balaban J connectivity index is 1.42. The summed E-state index contributed by atoms with van der Waals surface area (Å²) in [4.78, 5) is 4.25. The van der Waals surface area contributed by atoms with Gasteiger partial charge in [0.05, 0.1) is 6.54 Å². The fourth-order valence-electron chi connectivity index (χ4n) is 3.26. The highest BCUT2D eigenvalue weighted by Crippen LogP contribution is 2.28. The lowest BCUT2D eigenvalue weighted by atomic mass is 10.1. The molecule has 9 heteroatoms. The van der Waals surface area contributed by atoms with E-state index < -0.39 is 17.5 Å². The zero-order valence-corrected chi connectivity index (χ0v) is 17.5. The number of rotatable bonds is 8. The molecule has 0 saturated carbocycles. The quantitative estimate of drug-likeness (QED) is 0.356. The summed E-state index contributed by atoms with van der Waals surface area (Å²) in [5.74, 6) is -1.75. The van der Waals surface area contributed by atoms with Crippen LogP contribution in [0.4, 0.5) is 13.2 Å². The Kier molecular flexibility index (Phi) is 6.48. The predicted octanol–water partition coefficient (Wildman–Crippen LogP) is 3.90. The number of amidine groups is 2. The van der Waals surface area contributed by atoms with Crippen LogP contribution in [0, 0.1) is 22.9 Å². The van der Waals surface area contributed by atoms with Crippen molar-refractivity contribution in [1.82, 2.24) is 5.32 Å². The molecule has 4 rings (SSSR count). The van der Waals surface area contributed by atoms with Crippen molar-refractivity contribution in [3.8, 4) is 11.5 Å². The van der Waals surface area contributed by atoms with Gasteiger partial charge in [0.15, 0.2) is 11.5 Å². The summed E-state index contributed by atoms with van der Waals surface area (Å²) in [6, 6.07) is 13.0. The smallest absolute Gasteiger partial charge is 0.206 e. The number of ether oxygens (including phenoxy) is 2. The van der Waals surface area contributed by atoms with Gasteiger partial charge in [-0.2, -0.15) is 4.39 Å². The third-order valence-corrected chi connectivity index (χ3v) is 5.06. The maximum Gasteiger partial charge on any atom is 0.206 e. The zero-order valence-electron chi connectivity index (χ0n) is 17.5. The number of nitrogen functional groups attached to an aromatic ring is 1. The molecule has 0 bridgehead atoms. The maximum absolute atomic E-state index is 14.8. The van der Waals surface area contributed by atoms with Gasteiger partial charge in [0.25, 0.3) is 0 Å². The van der Waals surface area contributed by atoms with Gasteiger partial charge in [-0.1, -0.05) is 30.3 Å². The first-order valence-corrected chi connectivity index (χ1v) is 10.2. The van der Waals surface area contributed by atoms with E-state index in [1.165, 1.54) is 36.4 Å². The molecule has 0 spiro atoms. The first kappa shape index (κ1) is 22.2. The molecule has 1 heterocycles. The molecule has 4 N–H and O–H groups in total. The number of hydrogen-bond acceptors (Lipinski definition) is 5. The van der Waals surface area contributed by atoms with Crippen molar-refractivity contribution in [3.05, 3.63) is 94.3 Å². The number of aliphatic imine (C=N–C) groups is 1. The molecule has 6 nitrogen and oxygen atoms in total.